The van der Waals surface area contributed by atoms with Crippen molar-refractivity contribution in [2.24, 2.45) is 11.7 Å². The Morgan fingerprint density at radius 1 is 1.46 bits per heavy atom. The molecule has 1 aromatic rings. The van der Waals surface area contributed by atoms with Crippen molar-refractivity contribution < 1.29 is 9.90 Å². The van der Waals surface area contributed by atoms with Gasteiger partial charge in [-0.3, -0.25) is 9.69 Å². The summed E-state index contributed by atoms with van der Waals surface area (Å²) in [7, 11) is 0. The van der Waals surface area contributed by atoms with Crippen molar-refractivity contribution in [3.8, 4) is 5.75 Å². The van der Waals surface area contributed by atoms with E-state index in [9.17, 15) is 9.90 Å². The second-order valence-corrected chi connectivity index (χ2v) is 7.96. The minimum Gasteiger partial charge on any atom is -0.508 e. The number of piperidine rings is 1. The van der Waals surface area contributed by atoms with Crippen LogP contribution in [0.5, 0.6) is 5.75 Å². The second kappa shape index (κ2) is 6.40. The third-order valence-corrected chi connectivity index (χ3v) is 6.46. The van der Waals surface area contributed by atoms with Crippen molar-refractivity contribution in [1.29, 1.82) is 0 Å². The van der Waals surface area contributed by atoms with Gasteiger partial charge in [-0.05, 0) is 75.3 Å². The zero-order valence-corrected chi connectivity index (χ0v) is 15.1. The Bertz CT molecular complexity index is 628. The minimum atomic E-state index is -0.220. The Morgan fingerprint density at radius 2 is 2.21 bits per heavy atom. The Balaban J connectivity index is 2.00. The van der Waals surface area contributed by atoms with Crippen molar-refractivity contribution in [2.45, 2.75) is 70.4 Å². The number of carbonyl (C=O) groups is 1. The lowest BCUT2D eigenvalue weighted by atomic mass is 9.56. The number of primary amides is 1. The predicted molar refractivity (Wildman–Crippen MR) is 95.9 cm³/mol. The van der Waals surface area contributed by atoms with Gasteiger partial charge in [-0.25, -0.2) is 0 Å². The molecular weight excluding hydrogens is 300 g/mol. The zero-order valence-electron chi connectivity index (χ0n) is 15.1. The number of likely N-dealkylation sites (tertiary alicyclic amines) is 1. The molecule has 1 heterocycles. The lowest BCUT2D eigenvalue weighted by Crippen LogP contribution is -2.60. The molecule has 0 saturated carbocycles. The van der Waals surface area contributed by atoms with Crippen molar-refractivity contribution in [2.75, 3.05) is 6.54 Å². The van der Waals surface area contributed by atoms with E-state index in [0.29, 0.717) is 30.2 Å². The van der Waals surface area contributed by atoms with Crippen molar-refractivity contribution in [3.63, 3.8) is 0 Å². The van der Waals surface area contributed by atoms with Gasteiger partial charge < -0.3 is 10.8 Å². The van der Waals surface area contributed by atoms with Gasteiger partial charge in [0.2, 0.25) is 5.91 Å². The molecule has 0 spiro atoms. The zero-order chi connectivity index (χ0) is 17.5. The summed E-state index contributed by atoms with van der Waals surface area (Å²) >= 11 is 0. The quantitative estimate of drug-likeness (QED) is 0.872. The van der Waals surface area contributed by atoms with Gasteiger partial charge in [-0.1, -0.05) is 13.0 Å². The van der Waals surface area contributed by atoms with E-state index in [2.05, 4.69) is 31.7 Å². The van der Waals surface area contributed by atoms with Gasteiger partial charge in [-0.15, -0.1) is 0 Å². The van der Waals surface area contributed by atoms with Crippen LogP contribution in [0.2, 0.25) is 0 Å². The number of nitrogens with two attached hydrogens (primary N) is 1. The molecule has 4 heteroatoms. The molecule has 0 aromatic heterocycles. The van der Waals surface area contributed by atoms with Gasteiger partial charge >= 0.3 is 0 Å². The topological polar surface area (TPSA) is 66.6 Å². The smallest absolute Gasteiger partial charge is 0.217 e. The third-order valence-electron chi connectivity index (χ3n) is 6.46. The average Bonchev–Trinajstić information content (AvgIpc) is 2.50. The van der Waals surface area contributed by atoms with Gasteiger partial charge in [0.25, 0.3) is 0 Å². The van der Waals surface area contributed by atoms with Gasteiger partial charge in [0, 0.05) is 23.9 Å². The molecule has 0 radical (unpaired) electrons. The molecular formula is C20H30N2O2. The fraction of sp³-hybridized carbons (Fsp3) is 0.650. The van der Waals surface area contributed by atoms with Crippen LogP contribution in [0.1, 0.15) is 57.6 Å². The number of amides is 1. The summed E-state index contributed by atoms with van der Waals surface area (Å²) in [4.78, 5) is 13.8. The Morgan fingerprint density at radius 3 is 2.88 bits per heavy atom. The van der Waals surface area contributed by atoms with Crippen LogP contribution >= 0.6 is 0 Å². The first kappa shape index (κ1) is 17.3. The van der Waals surface area contributed by atoms with Gasteiger partial charge in [0.15, 0.2) is 0 Å². The van der Waals surface area contributed by atoms with Crippen LogP contribution in [-0.4, -0.2) is 34.5 Å². The highest BCUT2D eigenvalue weighted by molar-refractivity contribution is 5.73. The van der Waals surface area contributed by atoms with Gasteiger partial charge in [0.05, 0.1) is 0 Å². The van der Waals surface area contributed by atoms with Crippen LogP contribution in [0, 0.1) is 5.92 Å². The first-order chi connectivity index (χ1) is 11.3. The number of benzene rings is 1. The summed E-state index contributed by atoms with van der Waals surface area (Å²) in [6.07, 6.45) is 4.37. The molecule has 1 fully saturated rings. The summed E-state index contributed by atoms with van der Waals surface area (Å²) in [5, 5.41) is 10.1. The van der Waals surface area contributed by atoms with E-state index in [1.165, 1.54) is 11.1 Å². The lowest BCUT2D eigenvalue weighted by Gasteiger charge is -2.57. The minimum absolute atomic E-state index is 0.0534. The average molecular weight is 330 g/mol. The van der Waals surface area contributed by atoms with E-state index >= 15 is 0 Å². The molecule has 1 amide bonds. The van der Waals surface area contributed by atoms with E-state index in [-0.39, 0.29) is 11.3 Å². The molecule has 3 unspecified atom stereocenters. The number of fused-ring (bicyclic) bond motifs is 4. The van der Waals surface area contributed by atoms with Crippen molar-refractivity contribution >= 4 is 5.91 Å². The fourth-order valence-corrected chi connectivity index (χ4v) is 5.19. The largest absolute Gasteiger partial charge is 0.508 e. The molecule has 2 aliphatic rings. The SMILES string of the molecule is CC(C)N1CCC2(CCCC(N)=O)c3cc(O)ccc3CC1C2C. The maximum atomic E-state index is 11.2. The molecule has 2 bridgehead atoms. The van der Waals surface area contributed by atoms with E-state index in [0.717, 1.165) is 32.2 Å². The molecule has 4 nitrogen and oxygen atoms in total. The predicted octanol–water partition coefficient (Wildman–Crippen LogP) is 2.96. The fourth-order valence-electron chi connectivity index (χ4n) is 5.19. The van der Waals surface area contributed by atoms with Gasteiger partial charge in [0.1, 0.15) is 5.75 Å². The van der Waals surface area contributed by atoms with Gasteiger partial charge in [-0.2, -0.15) is 0 Å². The first-order valence-corrected chi connectivity index (χ1v) is 9.21. The normalized spacial score (nSPS) is 29.5. The highest BCUT2D eigenvalue weighted by Crippen LogP contribution is 2.52. The van der Waals surface area contributed by atoms with E-state index < -0.39 is 0 Å². The summed E-state index contributed by atoms with van der Waals surface area (Å²) < 4.78 is 0. The summed E-state index contributed by atoms with van der Waals surface area (Å²) in [6, 6.07) is 6.94. The van der Waals surface area contributed by atoms with E-state index in [1.807, 2.05) is 6.07 Å². The number of aromatic hydroxyl groups is 1. The molecule has 1 saturated heterocycles. The Labute approximate surface area is 145 Å². The highest BCUT2D eigenvalue weighted by atomic mass is 16.3. The van der Waals surface area contributed by atoms with Crippen LogP contribution in [0.25, 0.3) is 0 Å². The number of nitrogens with zero attached hydrogens (tertiary/aromatic N) is 1. The molecule has 24 heavy (non-hydrogen) atoms. The number of hydrogen-bond donors (Lipinski definition) is 2. The van der Waals surface area contributed by atoms with Crippen LogP contribution in [0.4, 0.5) is 0 Å². The maximum Gasteiger partial charge on any atom is 0.217 e. The molecule has 3 atom stereocenters. The van der Waals surface area contributed by atoms with Crippen LogP contribution in [0.15, 0.2) is 18.2 Å². The Hall–Kier alpha value is -1.55. The van der Waals surface area contributed by atoms with E-state index in [4.69, 9.17) is 5.73 Å². The first-order valence-electron chi connectivity index (χ1n) is 9.21. The third kappa shape index (κ3) is 2.81. The maximum absolute atomic E-state index is 11.2. The Kier molecular flexibility index (Phi) is 4.60. The second-order valence-electron chi connectivity index (χ2n) is 7.96. The molecule has 3 rings (SSSR count). The van der Waals surface area contributed by atoms with Crippen LogP contribution in [-0.2, 0) is 16.6 Å². The molecule has 1 aliphatic carbocycles. The molecule has 3 N–H and O–H groups in total. The summed E-state index contributed by atoms with van der Waals surface area (Å²) in [5.41, 5.74) is 8.08. The van der Waals surface area contributed by atoms with Crippen LogP contribution < -0.4 is 5.73 Å². The van der Waals surface area contributed by atoms with Crippen molar-refractivity contribution in [3.05, 3.63) is 29.3 Å². The number of rotatable bonds is 5. The number of carbonyl (C=O) groups excluding carboxylic acids is 1. The lowest BCUT2D eigenvalue weighted by molar-refractivity contribution is -0.118. The molecule has 1 aromatic carbocycles. The summed E-state index contributed by atoms with van der Waals surface area (Å²) in [5.74, 6) is 0.637. The van der Waals surface area contributed by atoms with Crippen molar-refractivity contribution in [1.82, 2.24) is 4.90 Å². The number of hydrogen-bond acceptors (Lipinski definition) is 3. The molecule has 1 aliphatic heterocycles. The molecule has 132 valence electrons. The number of phenolic OH excluding ortho intramolecular Hbond substituents is 1. The monoisotopic (exact) mass is 330 g/mol. The van der Waals surface area contributed by atoms with Crippen LogP contribution in [0.3, 0.4) is 0 Å². The standard InChI is InChI=1S/C20H30N2O2/c1-13(2)22-10-9-20(8-4-5-19(21)24)14(3)18(22)11-15-6-7-16(23)12-17(15)20/h6-7,12-14,18,23H,4-5,8-11H2,1-3H3,(H2,21,24). The summed E-state index contributed by atoms with van der Waals surface area (Å²) in [6.45, 7) is 7.99. The number of phenols is 1. The van der Waals surface area contributed by atoms with E-state index in [1.54, 1.807) is 6.07 Å². The highest BCUT2D eigenvalue weighted by Gasteiger charge is 2.51.